The highest BCUT2D eigenvalue weighted by Gasteiger charge is 2.31. The summed E-state index contributed by atoms with van der Waals surface area (Å²) >= 11 is 4.00. The third kappa shape index (κ3) is 8.01. The van der Waals surface area contributed by atoms with Crippen LogP contribution in [0.2, 0.25) is 0 Å². The molecule has 136 valence electrons. The molecule has 0 heterocycles. The molecule has 0 amide bonds. The van der Waals surface area contributed by atoms with E-state index < -0.39 is 0 Å². The standard InChI is InChI=1S/C21H40OS/c1-5-7-9-13-20(22-23)14-11-8-10-12-19-16-17(3)15-18(4)21(19)6-2/h13,17-19,21,23H,5-12,14-16H2,1-4H3/b20-13+. The van der Waals surface area contributed by atoms with Gasteiger partial charge in [0.1, 0.15) is 5.76 Å². The lowest BCUT2D eigenvalue weighted by molar-refractivity contribution is 0.110. The van der Waals surface area contributed by atoms with Gasteiger partial charge in [0.15, 0.2) is 0 Å². The first-order valence-electron chi connectivity index (χ1n) is 10.1. The minimum Gasteiger partial charge on any atom is -0.434 e. The zero-order valence-corrected chi connectivity index (χ0v) is 16.9. The summed E-state index contributed by atoms with van der Waals surface area (Å²) in [6.07, 6.45) is 16.6. The maximum Gasteiger partial charge on any atom is 0.110 e. The average Bonchev–Trinajstić information content (AvgIpc) is 2.52. The van der Waals surface area contributed by atoms with Crippen LogP contribution in [0.1, 0.15) is 98.3 Å². The number of hydrogen-bond acceptors (Lipinski definition) is 2. The van der Waals surface area contributed by atoms with Crippen molar-refractivity contribution in [3.8, 4) is 0 Å². The van der Waals surface area contributed by atoms with Gasteiger partial charge in [-0.2, -0.15) is 0 Å². The average molecular weight is 341 g/mol. The zero-order valence-electron chi connectivity index (χ0n) is 16.0. The summed E-state index contributed by atoms with van der Waals surface area (Å²) in [4.78, 5) is 0. The van der Waals surface area contributed by atoms with E-state index in [0.29, 0.717) is 0 Å². The Morgan fingerprint density at radius 3 is 2.52 bits per heavy atom. The van der Waals surface area contributed by atoms with Gasteiger partial charge in [-0.3, -0.25) is 0 Å². The van der Waals surface area contributed by atoms with Gasteiger partial charge < -0.3 is 4.18 Å². The Hall–Kier alpha value is -0.110. The van der Waals surface area contributed by atoms with E-state index in [4.69, 9.17) is 4.18 Å². The van der Waals surface area contributed by atoms with Gasteiger partial charge in [0, 0.05) is 19.3 Å². The van der Waals surface area contributed by atoms with E-state index >= 15 is 0 Å². The van der Waals surface area contributed by atoms with Crippen molar-refractivity contribution in [3.63, 3.8) is 0 Å². The summed E-state index contributed by atoms with van der Waals surface area (Å²) in [6.45, 7) is 9.55. The Kier molecular flexibility index (Phi) is 11.2. The van der Waals surface area contributed by atoms with Gasteiger partial charge in [0.2, 0.25) is 0 Å². The van der Waals surface area contributed by atoms with Crippen molar-refractivity contribution in [1.29, 1.82) is 0 Å². The lowest BCUT2D eigenvalue weighted by atomic mass is 9.66. The van der Waals surface area contributed by atoms with Crippen LogP contribution in [0.4, 0.5) is 0 Å². The first kappa shape index (κ1) is 20.9. The Labute approximate surface area is 151 Å². The lowest BCUT2D eigenvalue weighted by Gasteiger charge is -2.39. The third-order valence-corrected chi connectivity index (χ3v) is 6.07. The number of hydrogen-bond donors (Lipinski definition) is 1. The van der Waals surface area contributed by atoms with Gasteiger partial charge in [-0.15, -0.1) is 0 Å². The number of thiol groups is 1. The van der Waals surface area contributed by atoms with E-state index in [9.17, 15) is 0 Å². The molecule has 1 aliphatic rings. The summed E-state index contributed by atoms with van der Waals surface area (Å²) in [7, 11) is 0. The van der Waals surface area contributed by atoms with Gasteiger partial charge >= 0.3 is 0 Å². The summed E-state index contributed by atoms with van der Waals surface area (Å²) in [5.74, 6) is 4.88. The molecule has 1 nitrogen and oxygen atoms in total. The van der Waals surface area contributed by atoms with E-state index in [1.165, 1.54) is 57.8 Å². The SMILES string of the molecule is CCCC/C=C(\CCCCCC1CC(C)CC(C)C1CC)OS. The van der Waals surface area contributed by atoms with Crippen molar-refractivity contribution in [1.82, 2.24) is 0 Å². The number of unbranched alkanes of at least 4 members (excludes halogenated alkanes) is 4. The molecule has 1 rings (SSSR count). The van der Waals surface area contributed by atoms with Crippen LogP contribution < -0.4 is 0 Å². The molecule has 1 saturated carbocycles. The van der Waals surface area contributed by atoms with Crippen LogP contribution in [0.3, 0.4) is 0 Å². The van der Waals surface area contributed by atoms with E-state index in [2.05, 4.69) is 46.7 Å². The van der Waals surface area contributed by atoms with Crippen molar-refractivity contribution in [3.05, 3.63) is 11.8 Å². The van der Waals surface area contributed by atoms with Crippen molar-refractivity contribution in [2.45, 2.75) is 98.3 Å². The summed E-state index contributed by atoms with van der Waals surface area (Å²) in [5.41, 5.74) is 0. The van der Waals surface area contributed by atoms with E-state index in [-0.39, 0.29) is 0 Å². The molecule has 0 saturated heterocycles. The van der Waals surface area contributed by atoms with Crippen molar-refractivity contribution < 1.29 is 4.18 Å². The molecule has 2 heteroatoms. The highest BCUT2D eigenvalue weighted by Crippen LogP contribution is 2.42. The molecule has 23 heavy (non-hydrogen) atoms. The quantitative estimate of drug-likeness (QED) is 0.176. The van der Waals surface area contributed by atoms with Gasteiger partial charge in [0.05, 0.1) is 0 Å². The molecule has 1 fully saturated rings. The molecule has 0 N–H and O–H groups in total. The lowest BCUT2D eigenvalue weighted by Crippen LogP contribution is -2.30. The minimum atomic E-state index is 0.930. The highest BCUT2D eigenvalue weighted by atomic mass is 32.1. The molecule has 4 unspecified atom stereocenters. The third-order valence-electron chi connectivity index (χ3n) is 5.83. The fraction of sp³-hybridized carbons (Fsp3) is 0.905. The first-order valence-corrected chi connectivity index (χ1v) is 10.5. The van der Waals surface area contributed by atoms with E-state index in [1.807, 2.05) is 0 Å². The Balaban J connectivity index is 2.23. The van der Waals surface area contributed by atoms with Crippen LogP contribution in [0.5, 0.6) is 0 Å². The zero-order chi connectivity index (χ0) is 17.1. The van der Waals surface area contributed by atoms with Crippen LogP contribution in [0.15, 0.2) is 11.8 Å². The maximum atomic E-state index is 5.21. The molecule has 0 bridgehead atoms. The first-order chi connectivity index (χ1) is 11.1. The minimum absolute atomic E-state index is 0.930. The van der Waals surface area contributed by atoms with Gasteiger partial charge in [-0.1, -0.05) is 59.8 Å². The van der Waals surface area contributed by atoms with Crippen LogP contribution in [-0.2, 0) is 4.18 Å². The molecule has 0 radical (unpaired) electrons. The number of rotatable bonds is 11. The summed E-state index contributed by atoms with van der Waals surface area (Å²) < 4.78 is 5.21. The van der Waals surface area contributed by atoms with Crippen molar-refractivity contribution >= 4 is 12.9 Å². The fourth-order valence-electron chi connectivity index (χ4n) is 4.66. The Morgan fingerprint density at radius 2 is 1.87 bits per heavy atom. The number of allylic oxidation sites excluding steroid dienone is 2. The predicted octanol–water partition coefficient (Wildman–Crippen LogP) is 7.58. The molecule has 0 aromatic heterocycles. The summed E-state index contributed by atoms with van der Waals surface area (Å²) in [5, 5.41) is 0. The monoisotopic (exact) mass is 340 g/mol. The molecule has 4 atom stereocenters. The smallest absolute Gasteiger partial charge is 0.110 e. The molecular formula is C21H40OS. The Bertz CT molecular complexity index is 326. The molecular weight excluding hydrogens is 300 g/mol. The molecule has 1 aliphatic carbocycles. The molecule has 0 spiro atoms. The van der Waals surface area contributed by atoms with Crippen LogP contribution in [0, 0.1) is 23.7 Å². The largest absolute Gasteiger partial charge is 0.434 e. The highest BCUT2D eigenvalue weighted by molar-refractivity contribution is 7.75. The second-order valence-electron chi connectivity index (χ2n) is 7.89. The van der Waals surface area contributed by atoms with Crippen molar-refractivity contribution in [2.75, 3.05) is 0 Å². The van der Waals surface area contributed by atoms with E-state index in [0.717, 1.165) is 42.3 Å². The van der Waals surface area contributed by atoms with E-state index in [1.54, 1.807) is 0 Å². The fourth-order valence-corrected chi connectivity index (χ4v) is 4.83. The second-order valence-corrected chi connectivity index (χ2v) is 8.07. The second kappa shape index (κ2) is 12.3. The van der Waals surface area contributed by atoms with Crippen LogP contribution in [-0.4, -0.2) is 0 Å². The van der Waals surface area contributed by atoms with Gasteiger partial charge in [-0.05, 0) is 61.9 Å². The van der Waals surface area contributed by atoms with Crippen LogP contribution >= 0.6 is 12.9 Å². The molecule has 0 aliphatic heterocycles. The predicted molar refractivity (Wildman–Crippen MR) is 106 cm³/mol. The topological polar surface area (TPSA) is 9.23 Å². The molecule has 0 aromatic rings. The van der Waals surface area contributed by atoms with Gasteiger partial charge in [-0.25, -0.2) is 0 Å². The van der Waals surface area contributed by atoms with Gasteiger partial charge in [0.25, 0.3) is 0 Å². The summed E-state index contributed by atoms with van der Waals surface area (Å²) in [6, 6.07) is 0. The molecule has 0 aromatic carbocycles. The van der Waals surface area contributed by atoms with Crippen LogP contribution in [0.25, 0.3) is 0 Å². The van der Waals surface area contributed by atoms with Crippen molar-refractivity contribution in [2.24, 2.45) is 23.7 Å². The maximum absolute atomic E-state index is 5.21. The Morgan fingerprint density at radius 1 is 1.09 bits per heavy atom. The normalized spacial score (nSPS) is 28.8.